The van der Waals surface area contributed by atoms with Crippen LogP contribution in [-0.4, -0.2) is 80.3 Å². The molecule has 1 spiro atoms. The van der Waals surface area contributed by atoms with Gasteiger partial charge in [-0.1, -0.05) is 13.0 Å². The first kappa shape index (κ1) is 21.8. The van der Waals surface area contributed by atoms with E-state index >= 15 is 0 Å². The van der Waals surface area contributed by atoms with E-state index in [0.29, 0.717) is 25.8 Å². The fourth-order valence-electron chi connectivity index (χ4n) is 5.72. The predicted octanol–water partition coefficient (Wildman–Crippen LogP) is 1.03. The van der Waals surface area contributed by atoms with Gasteiger partial charge in [-0.25, -0.2) is 0 Å². The summed E-state index contributed by atoms with van der Waals surface area (Å²) in [6, 6.07) is -1.71. The van der Waals surface area contributed by atoms with Crippen molar-refractivity contribution in [3.05, 3.63) is 12.7 Å². The van der Waals surface area contributed by atoms with E-state index in [1.54, 1.807) is 17.9 Å². The standard InChI is InChI=1S/C21H32N2O6/c1-6-10-22(12(3)4)18(26)16-21-9-8-20(7-2,29-21)15(19(27)28)14(21)17(25)23(16)13(5)11-24/h6,12-16,24H,1,7-11H2,2-5H3,(H,27,28)/t13-,14+,15-,16?,20+,21?/m1/s1. The molecule has 0 aromatic carbocycles. The van der Waals surface area contributed by atoms with Gasteiger partial charge in [0.1, 0.15) is 17.6 Å². The Hall–Kier alpha value is -1.93. The Balaban J connectivity index is 2.15. The molecule has 3 fully saturated rings. The van der Waals surface area contributed by atoms with E-state index in [1.807, 2.05) is 20.8 Å². The maximum absolute atomic E-state index is 13.7. The lowest BCUT2D eigenvalue weighted by Gasteiger charge is -2.39. The van der Waals surface area contributed by atoms with Crippen molar-refractivity contribution < 1.29 is 29.3 Å². The Bertz CT molecular complexity index is 724. The minimum absolute atomic E-state index is 0.133. The second-order valence-corrected chi connectivity index (χ2v) is 8.82. The molecule has 0 aliphatic carbocycles. The Kier molecular flexibility index (Phi) is 5.55. The van der Waals surface area contributed by atoms with Gasteiger partial charge < -0.3 is 24.7 Å². The molecule has 0 aromatic heterocycles. The van der Waals surface area contributed by atoms with Gasteiger partial charge in [0.25, 0.3) is 0 Å². The summed E-state index contributed by atoms with van der Waals surface area (Å²) in [6.45, 7) is 11.0. The third-order valence-electron chi connectivity index (χ3n) is 7.09. The van der Waals surface area contributed by atoms with Crippen LogP contribution in [0.1, 0.15) is 47.0 Å². The molecule has 2 bridgehead atoms. The van der Waals surface area contributed by atoms with E-state index < -0.39 is 47.0 Å². The average molecular weight is 408 g/mol. The number of rotatable bonds is 8. The molecule has 6 atom stereocenters. The summed E-state index contributed by atoms with van der Waals surface area (Å²) in [4.78, 5) is 42.4. The van der Waals surface area contributed by atoms with E-state index in [2.05, 4.69) is 6.58 Å². The molecule has 2 unspecified atom stereocenters. The van der Waals surface area contributed by atoms with Crippen LogP contribution in [0.3, 0.4) is 0 Å². The van der Waals surface area contributed by atoms with Crippen molar-refractivity contribution in [3.63, 3.8) is 0 Å². The number of fused-ring (bicyclic) bond motifs is 1. The summed E-state index contributed by atoms with van der Waals surface area (Å²) in [7, 11) is 0. The topological polar surface area (TPSA) is 107 Å². The van der Waals surface area contributed by atoms with E-state index in [4.69, 9.17) is 4.74 Å². The molecule has 2 N–H and O–H groups in total. The van der Waals surface area contributed by atoms with Crippen molar-refractivity contribution in [2.75, 3.05) is 13.2 Å². The molecule has 2 amide bonds. The van der Waals surface area contributed by atoms with Crippen LogP contribution in [-0.2, 0) is 19.1 Å². The first-order valence-electron chi connectivity index (χ1n) is 10.4. The number of hydrogen-bond donors (Lipinski definition) is 2. The zero-order valence-electron chi connectivity index (χ0n) is 17.6. The van der Waals surface area contributed by atoms with Gasteiger partial charge in [0.2, 0.25) is 11.8 Å². The van der Waals surface area contributed by atoms with Crippen LogP contribution in [0.25, 0.3) is 0 Å². The van der Waals surface area contributed by atoms with Gasteiger partial charge in [0.15, 0.2) is 0 Å². The predicted molar refractivity (Wildman–Crippen MR) is 105 cm³/mol. The fourth-order valence-corrected chi connectivity index (χ4v) is 5.72. The molecular weight excluding hydrogens is 376 g/mol. The number of carbonyl (C=O) groups is 3. The summed E-state index contributed by atoms with van der Waals surface area (Å²) in [6.07, 6.45) is 3.04. The number of nitrogens with zero attached hydrogens (tertiary/aromatic N) is 2. The Labute approximate surface area is 171 Å². The first-order chi connectivity index (χ1) is 13.6. The highest BCUT2D eigenvalue weighted by molar-refractivity contribution is 5.98. The molecule has 3 aliphatic heterocycles. The van der Waals surface area contributed by atoms with Crippen molar-refractivity contribution in [2.24, 2.45) is 11.8 Å². The van der Waals surface area contributed by atoms with E-state index in [9.17, 15) is 24.6 Å². The monoisotopic (exact) mass is 408 g/mol. The van der Waals surface area contributed by atoms with Crippen LogP contribution in [0.4, 0.5) is 0 Å². The molecule has 162 valence electrons. The van der Waals surface area contributed by atoms with Gasteiger partial charge in [-0.15, -0.1) is 6.58 Å². The van der Waals surface area contributed by atoms with Crippen LogP contribution < -0.4 is 0 Å². The fraction of sp³-hybridized carbons (Fsp3) is 0.762. The number of ether oxygens (including phenoxy) is 1. The smallest absolute Gasteiger partial charge is 0.310 e. The zero-order valence-corrected chi connectivity index (χ0v) is 17.6. The van der Waals surface area contributed by atoms with Crippen LogP contribution in [0.2, 0.25) is 0 Å². The molecule has 3 heterocycles. The lowest BCUT2D eigenvalue weighted by atomic mass is 9.65. The minimum atomic E-state index is -1.18. The molecule has 3 rings (SSSR count). The third kappa shape index (κ3) is 2.83. The summed E-state index contributed by atoms with van der Waals surface area (Å²) in [5, 5.41) is 19.7. The maximum Gasteiger partial charge on any atom is 0.310 e. The first-order valence-corrected chi connectivity index (χ1v) is 10.4. The van der Waals surface area contributed by atoms with E-state index in [-0.39, 0.29) is 18.6 Å². The highest BCUT2D eigenvalue weighted by Crippen LogP contribution is 2.64. The summed E-state index contributed by atoms with van der Waals surface area (Å²) < 4.78 is 6.43. The molecule has 0 saturated carbocycles. The van der Waals surface area contributed by atoms with Gasteiger partial charge in [-0.3, -0.25) is 14.4 Å². The highest BCUT2D eigenvalue weighted by Gasteiger charge is 2.79. The largest absolute Gasteiger partial charge is 0.481 e. The van der Waals surface area contributed by atoms with Crippen molar-refractivity contribution in [1.29, 1.82) is 0 Å². The molecule has 3 saturated heterocycles. The number of hydrogen-bond acceptors (Lipinski definition) is 5. The normalized spacial score (nSPS) is 36.4. The van der Waals surface area contributed by atoms with Gasteiger partial charge in [-0.05, 0) is 40.0 Å². The molecule has 0 aromatic rings. The molecule has 0 radical (unpaired) electrons. The number of aliphatic hydroxyl groups excluding tert-OH is 1. The van der Waals surface area contributed by atoms with Crippen LogP contribution in [0.15, 0.2) is 12.7 Å². The second-order valence-electron chi connectivity index (χ2n) is 8.82. The molecule has 8 heteroatoms. The average Bonchev–Trinajstić information content (AvgIpc) is 3.28. The Morgan fingerprint density at radius 1 is 1.38 bits per heavy atom. The lowest BCUT2D eigenvalue weighted by molar-refractivity contribution is -0.160. The van der Waals surface area contributed by atoms with Crippen molar-refractivity contribution in [2.45, 2.75) is 76.3 Å². The van der Waals surface area contributed by atoms with E-state index in [1.165, 1.54) is 4.90 Å². The quantitative estimate of drug-likeness (QED) is 0.581. The van der Waals surface area contributed by atoms with Gasteiger partial charge in [-0.2, -0.15) is 0 Å². The lowest BCUT2D eigenvalue weighted by Crippen LogP contribution is -2.59. The number of likely N-dealkylation sites (tertiary alicyclic amines) is 1. The van der Waals surface area contributed by atoms with Gasteiger partial charge in [0.05, 0.1) is 24.2 Å². The third-order valence-corrected chi connectivity index (χ3v) is 7.09. The van der Waals surface area contributed by atoms with Crippen molar-refractivity contribution in [1.82, 2.24) is 9.80 Å². The van der Waals surface area contributed by atoms with Crippen LogP contribution in [0.5, 0.6) is 0 Å². The SMILES string of the molecule is C=CCN(C(=O)C1N([C@H](C)CO)C(=O)[C@@H]2[C@H](C(=O)O)[C@]3(CC)CCC12O3)C(C)C. The molecule has 29 heavy (non-hydrogen) atoms. The number of carboxylic acid groups (broad SMARTS) is 1. The molecular formula is C21H32N2O6. The van der Waals surface area contributed by atoms with Crippen molar-refractivity contribution >= 4 is 17.8 Å². The summed E-state index contributed by atoms with van der Waals surface area (Å²) >= 11 is 0. The Morgan fingerprint density at radius 2 is 2.03 bits per heavy atom. The van der Waals surface area contributed by atoms with E-state index in [0.717, 1.165) is 0 Å². The number of amides is 2. The number of carboxylic acids is 1. The maximum atomic E-state index is 13.7. The highest BCUT2D eigenvalue weighted by atomic mass is 16.5. The number of aliphatic hydroxyl groups is 1. The number of carbonyl (C=O) groups excluding carboxylic acids is 2. The zero-order chi connectivity index (χ0) is 21.7. The summed E-state index contributed by atoms with van der Waals surface area (Å²) in [5.74, 6) is -3.67. The molecule has 8 nitrogen and oxygen atoms in total. The van der Waals surface area contributed by atoms with Crippen molar-refractivity contribution in [3.8, 4) is 0 Å². The second kappa shape index (κ2) is 7.40. The van der Waals surface area contributed by atoms with Gasteiger partial charge >= 0.3 is 5.97 Å². The van der Waals surface area contributed by atoms with Crippen LogP contribution in [0, 0.1) is 11.8 Å². The summed E-state index contributed by atoms with van der Waals surface area (Å²) in [5.41, 5.74) is -2.11. The van der Waals surface area contributed by atoms with Gasteiger partial charge in [0, 0.05) is 12.6 Å². The number of aliphatic carboxylic acids is 1. The Morgan fingerprint density at radius 3 is 2.52 bits per heavy atom. The van der Waals surface area contributed by atoms with Crippen LogP contribution >= 0.6 is 0 Å². The minimum Gasteiger partial charge on any atom is -0.481 e. The molecule has 3 aliphatic rings.